The first-order chi connectivity index (χ1) is 9.19. The fourth-order valence-electron chi connectivity index (χ4n) is 3.19. The average molecular weight is 261 g/mol. The van der Waals surface area contributed by atoms with Gasteiger partial charge in [0.15, 0.2) is 0 Å². The summed E-state index contributed by atoms with van der Waals surface area (Å²) in [5, 5.41) is 3.81. The Morgan fingerprint density at radius 2 is 2.11 bits per heavy atom. The molecule has 0 aliphatic carbocycles. The smallest absolute Gasteiger partial charge is 0.122 e. The molecule has 0 aromatic heterocycles. The van der Waals surface area contributed by atoms with Crippen LogP contribution in [0.5, 0.6) is 5.75 Å². The van der Waals surface area contributed by atoms with E-state index in [0.29, 0.717) is 0 Å². The largest absolute Gasteiger partial charge is 0.496 e. The molecule has 0 bridgehead atoms. The van der Waals surface area contributed by atoms with Crippen molar-refractivity contribution in [3.05, 3.63) is 29.3 Å². The first kappa shape index (κ1) is 14.4. The van der Waals surface area contributed by atoms with Crippen molar-refractivity contribution >= 4 is 0 Å². The maximum atomic E-state index is 5.53. The average Bonchev–Trinajstić information content (AvgIpc) is 2.65. The van der Waals surface area contributed by atoms with E-state index >= 15 is 0 Å². The van der Waals surface area contributed by atoms with Crippen LogP contribution in [0.2, 0.25) is 0 Å². The zero-order valence-electron chi connectivity index (χ0n) is 12.6. The molecular weight excluding hydrogens is 234 g/mol. The SMILES string of the molecule is CCC1(Cc2cc(C)ccc2OC)CCCCCN1. The fourth-order valence-corrected chi connectivity index (χ4v) is 3.19. The molecule has 2 rings (SSSR count). The Hall–Kier alpha value is -1.02. The molecule has 1 N–H and O–H groups in total. The second kappa shape index (κ2) is 6.42. The molecule has 106 valence electrons. The minimum atomic E-state index is 0.261. The molecule has 1 unspecified atom stereocenters. The standard InChI is InChI=1S/C17H27NO/c1-4-17(10-6-5-7-11-18-17)13-15-12-14(2)8-9-16(15)19-3/h8-9,12,18H,4-7,10-11,13H2,1-3H3. The predicted octanol–water partition coefficient (Wildman–Crippen LogP) is 3.86. The van der Waals surface area contributed by atoms with Gasteiger partial charge < -0.3 is 10.1 Å². The zero-order chi connectivity index (χ0) is 13.7. The normalized spacial score (nSPS) is 23.9. The monoisotopic (exact) mass is 261 g/mol. The van der Waals surface area contributed by atoms with E-state index in [4.69, 9.17) is 4.74 Å². The van der Waals surface area contributed by atoms with Crippen LogP contribution in [-0.2, 0) is 6.42 Å². The number of rotatable bonds is 4. The lowest BCUT2D eigenvalue weighted by Gasteiger charge is -2.33. The lowest BCUT2D eigenvalue weighted by molar-refractivity contribution is 0.297. The second-order valence-corrected chi connectivity index (χ2v) is 5.86. The molecule has 1 aromatic carbocycles. The van der Waals surface area contributed by atoms with E-state index in [1.54, 1.807) is 7.11 Å². The summed E-state index contributed by atoms with van der Waals surface area (Å²) in [5.74, 6) is 1.03. The lowest BCUT2D eigenvalue weighted by atomic mass is 9.83. The Morgan fingerprint density at radius 3 is 2.84 bits per heavy atom. The van der Waals surface area contributed by atoms with Crippen molar-refractivity contribution in [1.29, 1.82) is 0 Å². The summed E-state index contributed by atoms with van der Waals surface area (Å²) in [5.41, 5.74) is 2.92. The van der Waals surface area contributed by atoms with Crippen LogP contribution in [-0.4, -0.2) is 19.2 Å². The Bertz CT molecular complexity index is 406. The van der Waals surface area contributed by atoms with Crippen LogP contribution < -0.4 is 10.1 Å². The van der Waals surface area contributed by atoms with Gasteiger partial charge in [-0.1, -0.05) is 37.5 Å². The van der Waals surface area contributed by atoms with Gasteiger partial charge in [0, 0.05) is 5.54 Å². The van der Waals surface area contributed by atoms with Crippen LogP contribution in [0, 0.1) is 6.92 Å². The van der Waals surface area contributed by atoms with E-state index in [-0.39, 0.29) is 5.54 Å². The lowest BCUT2D eigenvalue weighted by Crippen LogP contribution is -2.46. The quantitative estimate of drug-likeness (QED) is 0.888. The Balaban J connectivity index is 2.23. The van der Waals surface area contributed by atoms with E-state index in [9.17, 15) is 0 Å². The Labute approximate surface area is 117 Å². The second-order valence-electron chi connectivity index (χ2n) is 5.86. The third-order valence-electron chi connectivity index (χ3n) is 4.47. The number of aryl methyl sites for hydroxylation is 1. The molecule has 1 heterocycles. The number of benzene rings is 1. The molecule has 0 saturated carbocycles. The maximum Gasteiger partial charge on any atom is 0.122 e. The first-order valence-corrected chi connectivity index (χ1v) is 7.58. The van der Waals surface area contributed by atoms with Crippen molar-refractivity contribution in [3.8, 4) is 5.75 Å². The van der Waals surface area contributed by atoms with Crippen LogP contribution in [0.15, 0.2) is 18.2 Å². The number of hydrogen-bond acceptors (Lipinski definition) is 2. The van der Waals surface area contributed by atoms with E-state index in [1.807, 2.05) is 0 Å². The molecule has 0 radical (unpaired) electrons. The molecule has 2 nitrogen and oxygen atoms in total. The molecule has 1 saturated heterocycles. The van der Waals surface area contributed by atoms with Gasteiger partial charge in [0.2, 0.25) is 0 Å². The predicted molar refractivity (Wildman–Crippen MR) is 80.9 cm³/mol. The van der Waals surface area contributed by atoms with Crippen LogP contribution in [0.1, 0.15) is 50.2 Å². The highest BCUT2D eigenvalue weighted by Gasteiger charge is 2.29. The summed E-state index contributed by atoms with van der Waals surface area (Å²) in [6.45, 7) is 5.62. The van der Waals surface area contributed by atoms with Crippen molar-refractivity contribution in [2.75, 3.05) is 13.7 Å². The summed E-state index contributed by atoms with van der Waals surface area (Å²) in [7, 11) is 1.77. The summed E-state index contributed by atoms with van der Waals surface area (Å²) < 4.78 is 5.53. The van der Waals surface area contributed by atoms with Crippen molar-refractivity contribution in [3.63, 3.8) is 0 Å². The maximum absolute atomic E-state index is 5.53. The number of ether oxygens (including phenoxy) is 1. The highest BCUT2D eigenvalue weighted by Crippen LogP contribution is 2.30. The van der Waals surface area contributed by atoms with Crippen molar-refractivity contribution in [2.45, 2.75) is 57.9 Å². The van der Waals surface area contributed by atoms with Gasteiger partial charge in [-0.05, 0) is 50.8 Å². The molecule has 0 amide bonds. The third-order valence-corrected chi connectivity index (χ3v) is 4.47. The van der Waals surface area contributed by atoms with E-state index in [1.165, 1.54) is 43.2 Å². The molecule has 1 atom stereocenters. The molecule has 1 aliphatic heterocycles. The molecule has 1 aliphatic rings. The van der Waals surface area contributed by atoms with E-state index in [2.05, 4.69) is 37.4 Å². The topological polar surface area (TPSA) is 21.3 Å². The minimum absolute atomic E-state index is 0.261. The highest BCUT2D eigenvalue weighted by molar-refractivity contribution is 5.38. The van der Waals surface area contributed by atoms with Crippen LogP contribution in [0.25, 0.3) is 0 Å². The molecule has 19 heavy (non-hydrogen) atoms. The van der Waals surface area contributed by atoms with Gasteiger partial charge in [0.1, 0.15) is 5.75 Å². The van der Waals surface area contributed by atoms with Gasteiger partial charge in [-0.25, -0.2) is 0 Å². The summed E-state index contributed by atoms with van der Waals surface area (Å²) in [6, 6.07) is 6.51. The van der Waals surface area contributed by atoms with Crippen LogP contribution in [0.4, 0.5) is 0 Å². The van der Waals surface area contributed by atoms with Gasteiger partial charge in [-0.2, -0.15) is 0 Å². The van der Waals surface area contributed by atoms with Crippen molar-refractivity contribution in [1.82, 2.24) is 5.32 Å². The molecule has 0 spiro atoms. The van der Waals surface area contributed by atoms with E-state index < -0.39 is 0 Å². The van der Waals surface area contributed by atoms with Gasteiger partial charge >= 0.3 is 0 Å². The van der Waals surface area contributed by atoms with Crippen LogP contribution in [0.3, 0.4) is 0 Å². The first-order valence-electron chi connectivity index (χ1n) is 7.58. The number of nitrogens with one attached hydrogen (secondary N) is 1. The Morgan fingerprint density at radius 1 is 1.26 bits per heavy atom. The summed E-state index contributed by atoms with van der Waals surface area (Å²) in [6.07, 6.45) is 7.56. The minimum Gasteiger partial charge on any atom is -0.496 e. The van der Waals surface area contributed by atoms with Gasteiger partial charge in [-0.3, -0.25) is 0 Å². The highest BCUT2D eigenvalue weighted by atomic mass is 16.5. The molecule has 1 aromatic rings. The molecule has 2 heteroatoms. The van der Waals surface area contributed by atoms with Crippen LogP contribution >= 0.6 is 0 Å². The summed E-state index contributed by atoms with van der Waals surface area (Å²) >= 11 is 0. The van der Waals surface area contributed by atoms with Crippen molar-refractivity contribution < 1.29 is 4.74 Å². The van der Waals surface area contributed by atoms with Crippen molar-refractivity contribution in [2.24, 2.45) is 0 Å². The van der Waals surface area contributed by atoms with Gasteiger partial charge in [0.05, 0.1) is 7.11 Å². The Kier molecular flexibility index (Phi) is 4.87. The summed E-state index contributed by atoms with van der Waals surface area (Å²) in [4.78, 5) is 0. The molecule has 1 fully saturated rings. The van der Waals surface area contributed by atoms with Gasteiger partial charge in [0.25, 0.3) is 0 Å². The number of methoxy groups -OCH3 is 1. The fraction of sp³-hybridized carbons (Fsp3) is 0.647. The van der Waals surface area contributed by atoms with E-state index in [0.717, 1.165) is 18.7 Å². The van der Waals surface area contributed by atoms with Gasteiger partial charge in [-0.15, -0.1) is 0 Å². The number of hydrogen-bond donors (Lipinski definition) is 1. The zero-order valence-corrected chi connectivity index (χ0v) is 12.6. The molecular formula is C17H27NO. The third kappa shape index (κ3) is 3.50.